The second-order valence-electron chi connectivity index (χ2n) is 6.75. The summed E-state index contributed by atoms with van der Waals surface area (Å²) in [6.45, 7) is 1.36. The van der Waals surface area contributed by atoms with Crippen LogP contribution in [0.1, 0.15) is 15.9 Å². The molecular weight excluding hydrogens is 406 g/mol. The highest BCUT2D eigenvalue weighted by molar-refractivity contribution is 6.10. The van der Waals surface area contributed by atoms with Gasteiger partial charge in [-0.05, 0) is 19.1 Å². The molecule has 0 fully saturated rings. The molecule has 0 aliphatic carbocycles. The standard InChI is InChI=1S/C21H15N3O7/c1-11-14(7-12(23(26)27)8-17(11)24(28)29)21(25)22-16-10-19-15(9-20(16)30-2)13-5-3-4-6-18(13)31-19/h3-10H,1-2H3,(H,22,25). The predicted octanol–water partition coefficient (Wildman–Crippen LogP) is 4.97. The van der Waals surface area contributed by atoms with Crippen LogP contribution in [-0.4, -0.2) is 22.9 Å². The number of carbonyl (C=O) groups is 1. The fourth-order valence-electron chi connectivity index (χ4n) is 3.42. The van der Waals surface area contributed by atoms with E-state index in [4.69, 9.17) is 9.15 Å². The van der Waals surface area contributed by atoms with Gasteiger partial charge in [0.2, 0.25) is 0 Å². The smallest absolute Gasteiger partial charge is 0.279 e. The SMILES string of the molecule is COc1cc2c(cc1NC(=O)c1cc([N+](=O)[O-])cc([N+](=O)[O-])c1C)oc1ccccc12. The summed E-state index contributed by atoms with van der Waals surface area (Å²) >= 11 is 0. The molecule has 1 amide bonds. The summed E-state index contributed by atoms with van der Waals surface area (Å²) in [7, 11) is 1.43. The van der Waals surface area contributed by atoms with Crippen LogP contribution >= 0.6 is 0 Å². The molecule has 10 nitrogen and oxygen atoms in total. The molecule has 0 saturated heterocycles. The quantitative estimate of drug-likeness (QED) is 0.354. The van der Waals surface area contributed by atoms with Gasteiger partial charge in [0, 0.05) is 28.5 Å². The zero-order valence-electron chi connectivity index (χ0n) is 16.4. The highest BCUT2D eigenvalue weighted by atomic mass is 16.6. The van der Waals surface area contributed by atoms with Gasteiger partial charge >= 0.3 is 0 Å². The number of para-hydroxylation sites is 1. The molecule has 0 aliphatic heterocycles. The molecule has 0 aliphatic rings. The minimum Gasteiger partial charge on any atom is -0.495 e. The van der Waals surface area contributed by atoms with Crippen molar-refractivity contribution in [3.63, 3.8) is 0 Å². The average molecular weight is 421 g/mol. The van der Waals surface area contributed by atoms with Gasteiger partial charge in [-0.1, -0.05) is 18.2 Å². The number of anilines is 1. The maximum Gasteiger partial charge on any atom is 0.279 e. The normalized spacial score (nSPS) is 10.9. The number of methoxy groups -OCH3 is 1. The third-order valence-corrected chi connectivity index (χ3v) is 4.96. The molecule has 4 rings (SSSR count). The van der Waals surface area contributed by atoms with Crippen LogP contribution in [0.5, 0.6) is 5.75 Å². The van der Waals surface area contributed by atoms with E-state index < -0.39 is 27.1 Å². The molecular formula is C21H15N3O7. The van der Waals surface area contributed by atoms with Crippen LogP contribution < -0.4 is 10.1 Å². The number of benzene rings is 3. The third kappa shape index (κ3) is 3.39. The molecule has 0 atom stereocenters. The Labute approximate surface area is 174 Å². The first-order chi connectivity index (χ1) is 14.8. The zero-order chi connectivity index (χ0) is 22.3. The number of rotatable bonds is 5. The van der Waals surface area contributed by atoms with Crippen molar-refractivity contribution in [3.8, 4) is 5.75 Å². The van der Waals surface area contributed by atoms with Crippen LogP contribution in [0, 0.1) is 27.2 Å². The number of nitro benzene ring substituents is 2. The number of ether oxygens (including phenoxy) is 1. The maximum absolute atomic E-state index is 12.9. The number of nitro groups is 2. The number of amides is 1. The van der Waals surface area contributed by atoms with E-state index in [1.165, 1.54) is 14.0 Å². The maximum atomic E-state index is 12.9. The second-order valence-corrected chi connectivity index (χ2v) is 6.75. The van der Waals surface area contributed by atoms with Crippen molar-refractivity contribution < 1.29 is 23.8 Å². The molecule has 0 spiro atoms. The monoisotopic (exact) mass is 421 g/mol. The van der Waals surface area contributed by atoms with E-state index in [1.807, 2.05) is 24.3 Å². The average Bonchev–Trinajstić information content (AvgIpc) is 3.10. The summed E-state index contributed by atoms with van der Waals surface area (Å²) in [5.74, 6) is -0.414. The summed E-state index contributed by atoms with van der Waals surface area (Å²) in [6.07, 6.45) is 0. The lowest BCUT2D eigenvalue weighted by Gasteiger charge is -2.12. The molecule has 4 aromatic rings. The van der Waals surface area contributed by atoms with Crippen LogP contribution in [0.2, 0.25) is 0 Å². The van der Waals surface area contributed by atoms with Gasteiger partial charge < -0.3 is 14.5 Å². The molecule has 3 aromatic carbocycles. The van der Waals surface area contributed by atoms with E-state index in [2.05, 4.69) is 5.32 Å². The lowest BCUT2D eigenvalue weighted by atomic mass is 10.0. The summed E-state index contributed by atoms with van der Waals surface area (Å²) < 4.78 is 11.2. The van der Waals surface area contributed by atoms with Gasteiger partial charge in [0.1, 0.15) is 16.9 Å². The lowest BCUT2D eigenvalue weighted by molar-refractivity contribution is -0.394. The summed E-state index contributed by atoms with van der Waals surface area (Å²) in [5, 5.41) is 26.7. The highest BCUT2D eigenvalue weighted by Gasteiger charge is 2.25. The highest BCUT2D eigenvalue weighted by Crippen LogP contribution is 2.37. The van der Waals surface area contributed by atoms with Crippen LogP contribution in [0.15, 0.2) is 52.9 Å². The molecule has 0 radical (unpaired) electrons. The summed E-state index contributed by atoms with van der Waals surface area (Å²) in [5.41, 5.74) is 0.172. The molecule has 1 heterocycles. The molecule has 1 aromatic heterocycles. The van der Waals surface area contributed by atoms with Gasteiger partial charge in [-0.25, -0.2) is 0 Å². The lowest BCUT2D eigenvalue weighted by Crippen LogP contribution is -2.15. The zero-order valence-corrected chi connectivity index (χ0v) is 16.4. The second kappa shape index (κ2) is 7.41. The Morgan fingerprint density at radius 3 is 2.42 bits per heavy atom. The van der Waals surface area contributed by atoms with Crippen molar-refractivity contribution in [2.75, 3.05) is 12.4 Å². The Hall–Kier alpha value is -4.47. The van der Waals surface area contributed by atoms with Crippen molar-refractivity contribution in [2.24, 2.45) is 0 Å². The van der Waals surface area contributed by atoms with E-state index in [0.29, 0.717) is 16.9 Å². The first-order valence-electron chi connectivity index (χ1n) is 9.04. The Balaban J connectivity index is 1.80. The number of hydrogen-bond acceptors (Lipinski definition) is 7. The number of furan rings is 1. The van der Waals surface area contributed by atoms with E-state index >= 15 is 0 Å². The molecule has 1 N–H and O–H groups in total. The Morgan fingerprint density at radius 1 is 1.00 bits per heavy atom. The molecule has 0 saturated carbocycles. The minimum absolute atomic E-state index is 0.0110. The number of non-ortho nitro benzene ring substituents is 1. The van der Waals surface area contributed by atoms with Gasteiger partial charge in [-0.15, -0.1) is 0 Å². The van der Waals surface area contributed by atoms with E-state index in [9.17, 15) is 25.0 Å². The van der Waals surface area contributed by atoms with Gasteiger partial charge in [0.15, 0.2) is 0 Å². The van der Waals surface area contributed by atoms with Gasteiger partial charge in [0.25, 0.3) is 17.3 Å². The molecule has 156 valence electrons. The Morgan fingerprint density at radius 2 is 1.74 bits per heavy atom. The largest absolute Gasteiger partial charge is 0.495 e. The van der Waals surface area contributed by atoms with E-state index in [-0.39, 0.29) is 16.8 Å². The number of fused-ring (bicyclic) bond motifs is 3. The van der Waals surface area contributed by atoms with E-state index in [1.54, 1.807) is 12.1 Å². The van der Waals surface area contributed by atoms with Gasteiger partial charge in [-0.2, -0.15) is 0 Å². The number of hydrogen-bond donors (Lipinski definition) is 1. The van der Waals surface area contributed by atoms with Crippen molar-refractivity contribution in [3.05, 3.63) is 79.9 Å². The van der Waals surface area contributed by atoms with Crippen LogP contribution in [-0.2, 0) is 0 Å². The van der Waals surface area contributed by atoms with Crippen LogP contribution in [0.3, 0.4) is 0 Å². The van der Waals surface area contributed by atoms with Crippen LogP contribution in [0.25, 0.3) is 21.9 Å². The molecule has 0 unspecified atom stereocenters. The predicted molar refractivity (Wildman–Crippen MR) is 113 cm³/mol. The van der Waals surface area contributed by atoms with Crippen molar-refractivity contribution in [1.82, 2.24) is 0 Å². The van der Waals surface area contributed by atoms with E-state index in [0.717, 1.165) is 22.9 Å². The van der Waals surface area contributed by atoms with Crippen molar-refractivity contribution in [2.45, 2.75) is 6.92 Å². The van der Waals surface area contributed by atoms with Crippen molar-refractivity contribution >= 4 is 44.9 Å². The van der Waals surface area contributed by atoms with Crippen LogP contribution in [0.4, 0.5) is 17.1 Å². The molecule has 10 heteroatoms. The Kier molecular flexibility index (Phi) is 4.74. The summed E-state index contributed by atoms with van der Waals surface area (Å²) in [6, 6.07) is 12.5. The first kappa shape index (κ1) is 19.8. The molecule has 31 heavy (non-hydrogen) atoms. The number of nitrogens with one attached hydrogen (secondary N) is 1. The number of carbonyl (C=O) groups excluding carboxylic acids is 1. The minimum atomic E-state index is -0.787. The third-order valence-electron chi connectivity index (χ3n) is 4.96. The first-order valence-corrected chi connectivity index (χ1v) is 9.04. The topological polar surface area (TPSA) is 138 Å². The fraction of sp³-hybridized carbons (Fsp3) is 0.0952. The summed E-state index contributed by atoms with van der Waals surface area (Å²) in [4.78, 5) is 33.8. The van der Waals surface area contributed by atoms with Gasteiger partial charge in [-0.3, -0.25) is 25.0 Å². The fourth-order valence-corrected chi connectivity index (χ4v) is 3.42. The van der Waals surface area contributed by atoms with Crippen molar-refractivity contribution in [1.29, 1.82) is 0 Å². The molecule has 0 bridgehead atoms. The Bertz CT molecular complexity index is 1390. The van der Waals surface area contributed by atoms with Gasteiger partial charge in [0.05, 0.1) is 34.3 Å². The number of nitrogens with zero attached hydrogens (tertiary/aromatic N) is 2.